The summed E-state index contributed by atoms with van der Waals surface area (Å²) < 4.78 is 6.27. The Bertz CT molecular complexity index is 526. The lowest BCUT2D eigenvalue weighted by Gasteiger charge is -2.24. The molecule has 0 N–H and O–H groups in total. The Balaban J connectivity index is 1.99. The van der Waals surface area contributed by atoms with Crippen molar-refractivity contribution in [3.63, 3.8) is 0 Å². The van der Waals surface area contributed by atoms with Gasteiger partial charge in [0, 0.05) is 5.41 Å². The Morgan fingerprint density at radius 2 is 1.30 bits per heavy atom. The van der Waals surface area contributed by atoms with Crippen LogP contribution < -0.4 is 0 Å². The molecule has 0 aliphatic heterocycles. The van der Waals surface area contributed by atoms with Gasteiger partial charge in [-0.1, -0.05) is 60.7 Å². The fraction of sp³-hybridized carbons (Fsp3) is 0.368. The van der Waals surface area contributed by atoms with Gasteiger partial charge >= 0.3 is 0 Å². The van der Waals surface area contributed by atoms with Crippen molar-refractivity contribution in [3.05, 3.63) is 71.8 Å². The SMILES string of the molecule is CC(C)(C)O[C@H]1CC1(c1ccccc1)c1ccccc1. The first kappa shape index (κ1) is 13.4. The van der Waals surface area contributed by atoms with Crippen molar-refractivity contribution < 1.29 is 4.74 Å². The maximum absolute atomic E-state index is 6.27. The van der Waals surface area contributed by atoms with Gasteiger partial charge in [0.05, 0.1) is 11.7 Å². The lowest BCUT2D eigenvalue weighted by Crippen LogP contribution is -2.25. The van der Waals surface area contributed by atoms with Crippen molar-refractivity contribution in [2.75, 3.05) is 0 Å². The second kappa shape index (κ2) is 4.75. The normalized spacial score (nSPS) is 20.6. The summed E-state index contributed by atoms with van der Waals surface area (Å²) in [6.45, 7) is 6.39. The summed E-state index contributed by atoms with van der Waals surface area (Å²) in [6.07, 6.45) is 1.34. The highest BCUT2D eigenvalue weighted by Crippen LogP contribution is 2.56. The molecule has 0 saturated heterocycles. The molecule has 0 bridgehead atoms. The van der Waals surface area contributed by atoms with Gasteiger partial charge in [-0.05, 0) is 38.3 Å². The molecule has 1 aliphatic carbocycles. The molecule has 2 aromatic rings. The van der Waals surface area contributed by atoms with E-state index in [2.05, 4.69) is 81.4 Å². The third-order valence-electron chi connectivity index (χ3n) is 3.97. The van der Waals surface area contributed by atoms with Crippen molar-refractivity contribution in [1.29, 1.82) is 0 Å². The molecule has 1 atom stereocenters. The van der Waals surface area contributed by atoms with Crippen LogP contribution >= 0.6 is 0 Å². The third kappa shape index (κ3) is 2.38. The molecule has 1 heteroatoms. The van der Waals surface area contributed by atoms with Gasteiger partial charge in [0.2, 0.25) is 0 Å². The Labute approximate surface area is 121 Å². The number of benzene rings is 2. The first-order valence-corrected chi connectivity index (χ1v) is 7.31. The van der Waals surface area contributed by atoms with Gasteiger partial charge in [-0.2, -0.15) is 0 Å². The molecule has 0 heterocycles. The van der Waals surface area contributed by atoms with Crippen molar-refractivity contribution >= 4 is 0 Å². The maximum Gasteiger partial charge on any atom is 0.0733 e. The summed E-state index contributed by atoms with van der Waals surface area (Å²) >= 11 is 0. The second-order valence-corrected chi connectivity index (χ2v) is 6.63. The average molecular weight is 266 g/mol. The van der Waals surface area contributed by atoms with E-state index in [0.29, 0.717) is 0 Å². The van der Waals surface area contributed by atoms with Crippen LogP contribution in [0.1, 0.15) is 38.3 Å². The van der Waals surface area contributed by atoms with Crippen LogP contribution in [0.15, 0.2) is 60.7 Å². The summed E-state index contributed by atoms with van der Waals surface area (Å²) in [5, 5.41) is 0. The number of rotatable bonds is 3. The molecular formula is C19H22O. The summed E-state index contributed by atoms with van der Waals surface area (Å²) in [7, 11) is 0. The fourth-order valence-corrected chi connectivity index (χ4v) is 3.05. The minimum Gasteiger partial charge on any atom is -0.371 e. The minimum absolute atomic E-state index is 0.0375. The van der Waals surface area contributed by atoms with Gasteiger partial charge in [-0.15, -0.1) is 0 Å². The van der Waals surface area contributed by atoms with Gasteiger partial charge in [0.1, 0.15) is 0 Å². The highest BCUT2D eigenvalue weighted by molar-refractivity contribution is 5.48. The van der Waals surface area contributed by atoms with Crippen LogP contribution in [-0.4, -0.2) is 11.7 Å². The van der Waals surface area contributed by atoms with Crippen LogP contribution in [0.5, 0.6) is 0 Å². The van der Waals surface area contributed by atoms with E-state index in [1.54, 1.807) is 0 Å². The molecular weight excluding hydrogens is 244 g/mol. The van der Waals surface area contributed by atoms with E-state index in [9.17, 15) is 0 Å². The molecule has 1 fully saturated rings. The smallest absolute Gasteiger partial charge is 0.0733 e. The van der Waals surface area contributed by atoms with Gasteiger partial charge in [0.15, 0.2) is 0 Å². The molecule has 1 saturated carbocycles. The van der Waals surface area contributed by atoms with E-state index < -0.39 is 0 Å². The van der Waals surface area contributed by atoms with Crippen molar-refractivity contribution in [2.45, 2.75) is 44.3 Å². The van der Waals surface area contributed by atoms with Gasteiger partial charge < -0.3 is 4.74 Å². The molecule has 20 heavy (non-hydrogen) atoms. The first-order chi connectivity index (χ1) is 9.52. The van der Waals surface area contributed by atoms with E-state index in [-0.39, 0.29) is 17.1 Å². The van der Waals surface area contributed by atoms with E-state index >= 15 is 0 Å². The van der Waals surface area contributed by atoms with E-state index in [1.807, 2.05) is 0 Å². The molecule has 0 amide bonds. The van der Waals surface area contributed by atoms with Crippen LogP contribution in [0.3, 0.4) is 0 Å². The molecule has 1 aliphatic rings. The Morgan fingerprint density at radius 1 is 0.850 bits per heavy atom. The lowest BCUT2D eigenvalue weighted by molar-refractivity contribution is -0.0224. The molecule has 0 aromatic heterocycles. The summed E-state index contributed by atoms with van der Waals surface area (Å²) in [4.78, 5) is 0. The molecule has 1 nitrogen and oxygen atoms in total. The van der Waals surface area contributed by atoms with Crippen molar-refractivity contribution in [1.82, 2.24) is 0 Å². The van der Waals surface area contributed by atoms with Crippen LogP contribution in [0.4, 0.5) is 0 Å². The van der Waals surface area contributed by atoms with Crippen LogP contribution in [0.25, 0.3) is 0 Å². The van der Waals surface area contributed by atoms with Crippen molar-refractivity contribution in [2.24, 2.45) is 0 Å². The van der Waals surface area contributed by atoms with E-state index in [0.717, 1.165) is 6.42 Å². The van der Waals surface area contributed by atoms with Gasteiger partial charge in [0.25, 0.3) is 0 Å². The van der Waals surface area contributed by atoms with Gasteiger partial charge in [-0.3, -0.25) is 0 Å². The van der Waals surface area contributed by atoms with E-state index in [4.69, 9.17) is 4.74 Å². The van der Waals surface area contributed by atoms with Crippen LogP contribution in [-0.2, 0) is 10.2 Å². The van der Waals surface area contributed by atoms with Gasteiger partial charge in [-0.25, -0.2) is 0 Å². The summed E-state index contributed by atoms with van der Waals surface area (Å²) in [5.74, 6) is 0. The first-order valence-electron chi connectivity index (χ1n) is 7.31. The molecule has 2 aromatic carbocycles. The predicted octanol–water partition coefficient (Wildman–Crippen LogP) is 4.56. The zero-order valence-corrected chi connectivity index (χ0v) is 12.5. The summed E-state index contributed by atoms with van der Waals surface area (Å²) in [5.41, 5.74) is 2.66. The zero-order valence-electron chi connectivity index (χ0n) is 12.5. The molecule has 104 valence electrons. The largest absolute Gasteiger partial charge is 0.371 e. The zero-order chi connectivity index (χ0) is 14.2. The number of ether oxygens (including phenoxy) is 1. The standard InChI is InChI=1S/C19H22O/c1-18(2,3)20-17-14-19(17,15-10-6-4-7-11-15)16-12-8-5-9-13-16/h4-13,17H,14H2,1-3H3/t17-/m0/s1. The summed E-state index contributed by atoms with van der Waals surface area (Å²) in [6, 6.07) is 21.5. The van der Waals surface area contributed by atoms with Crippen molar-refractivity contribution in [3.8, 4) is 0 Å². The Morgan fingerprint density at radius 3 is 1.70 bits per heavy atom. The molecule has 3 rings (SSSR count). The van der Waals surface area contributed by atoms with E-state index in [1.165, 1.54) is 11.1 Å². The van der Waals surface area contributed by atoms with Crippen LogP contribution in [0.2, 0.25) is 0 Å². The lowest BCUT2D eigenvalue weighted by atomic mass is 9.87. The minimum atomic E-state index is -0.101. The molecule has 0 unspecified atom stereocenters. The number of hydrogen-bond acceptors (Lipinski definition) is 1. The second-order valence-electron chi connectivity index (χ2n) is 6.63. The quantitative estimate of drug-likeness (QED) is 0.791. The van der Waals surface area contributed by atoms with Crippen LogP contribution in [0, 0.1) is 0 Å². The number of hydrogen-bond donors (Lipinski definition) is 0. The Hall–Kier alpha value is -1.60. The fourth-order valence-electron chi connectivity index (χ4n) is 3.05. The Kier molecular flexibility index (Phi) is 3.18. The highest BCUT2D eigenvalue weighted by Gasteiger charge is 2.58. The maximum atomic E-state index is 6.27. The third-order valence-corrected chi connectivity index (χ3v) is 3.97. The monoisotopic (exact) mass is 266 g/mol. The highest BCUT2D eigenvalue weighted by atomic mass is 16.5. The predicted molar refractivity (Wildman–Crippen MR) is 82.9 cm³/mol. The molecule has 0 spiro atoms. The molecule has 0 radical (unpaired) electrons. The average Bonchev–Trinajstić information content (AvgIpc) is 3.14. The topological polar surface area (TPSA) is 9.23 Å².